The van der Waals surface area contributed by atoms with Gasteiger partial charge in [0.2, 0.25) is 0 Å². The fraction of sp³-hybridized carbons (Fsp3) is 0.615. The number of fused-ring (bicyclic) bond motifs is 3. The minimum absolute atomic E-state index is 0.242. The molecule has 3 heterocycles. The van der Waals surface area contributed by atoms with Gasteiger partial charge in [0.15, 0.2) is 11.6 Å². The van der Waals surface area contributed by atoms with E-state index in [0.29, 0.717) is 12.4 Å². The number of alkyl halides is 3. The van der Waals surface area contributed by atoms with E-state index in [1.807, 2.05) is 7.05 Å². The number of rotatable bonds is 0. The highest BCUT2D eigenvalue weighted by Gasteiger charge is 2.35. The highest BCUT2D eigenvalue weighted by molar-refractivity contribution is 5.55. The maximum atomic E-state index is 12.7. The maximum Gasteiger partial charge on any atom is 0.418 e. The number of piperazine rings is 1. The van der Waals surface area contributed by atoms with Crippen LogP contribution in [0, 0.1) is 0 Å². The molecule has 7 heteroatoms. The van der Waals surface area contributed by atoms with Gasteiger partial charge < -0.3 is 14.5 Å². The van der Waals surface area contributed by atoms with Crippen LogP contribution in [0.25, 0.3) is 0 Å². The Hall–Kier alpha value is -1.50. The summed E-state index contributed by atoms with van der Waals surface area (Å²) in [5, 5.41) is 0. The first kappa shape index (κ1) is 13.5. The third-order valence-electron chi connectivity index (χ3n) is 3.83. The predicted octanol–water partition coefficient (Wildman–Crippen LogP) is 2.00. The summed E-state index contributed by atoms with van der Waals surface area (Å²) in [4.78, 5) is 8.31. The molecule has 110 valence electrons. The molecule has 1 atom stereocenters. The average molecular weight is 287 g/mol. The zero-order chi connectivity index (χ0) is 14.3. The minimum atomic E-state index is -4.39. The van der Waals surface area contributed by atoms with Crippen LogP contribution in [-0.2, 0) is 6.18 Å². The van der Waals surface area contributed by atoms with Crippen LogP contribution >= 0.6 is 0 Å². The van der Waals surface area contributed by atoms with Gasteiger partial charge in [-0.3, -0.25) is 0 Å². The normalized spacial score (nSPS) is 23.6. The van der Waals surface area contributed by atoms with Crippen molar-refractivity contribution in [2.45, 2.75) is 18.6 Å². The molecule has 20 heavy (non-hydrogen) atoms. The lowest BCUT2D eigenvalue weighted by molar-refractivity contribution is -0.137. The molecule has 0 spiro atoms. The van der Waals surface area contributed by atoms with Crippen LogP contribution in [0.3, 0.4) is 0 Å². The van der Waals surface area contributed by atoms with E-state index in [9.17, 15) is 13.2 Å². The Kier molecular flexibility index (Phi) is 3.24. The third-order valence-corrected chi connectivity index (χ3v) is 3.83. The number of aromatic nitrogens is 1. The van der Waals surface area contributed by atoms with Crippen molar-refractivity contribution < 1.29 is 17.9 Å². The summed E-state index contributed by atoms with van der Waals surface area (Å²) in [5.41, 5.74) is -0.760. The number of ether oxygens (including phenoxy) is 1. The molecule has 0 saturated carbocycles. The third kappa shape index (κ3) is 2.42. The maximum absolute atomic E-state index is 12.7. The van der Waals surface area contributed by atoms with E-state index in [4.69, 9.17) is 4.74 Å². The van der Waals surface area contributed by atoms with E-state index in [2.05, 4.69) is 14.8 Å². The van der Waals surface area contributed by atoms with Crippen molar-refractivity contribution in [3.05, 3.63) is 17.8 Å². The summed E-state index contributed by atoms with van der Waals surface area (Å²) in [6.45, 7) is 2.94. The Morgan fingerprint density at radius 2 is 2.15 bits per heavy atom. The van der Waals surface area contributed by atoms with Crippen LogP contribution in [-0.4, -0.2) is 49.2 Å². The molecule has 3 rings (SSSR count). The predicted molar refractivity (Wildman–Crippen MR) is 68.0 cm³/mol. The summed E-state index contributed by atoms with van der Waals surface area (Å²) < 4.78 is 43.7. The number of hydrogen-bond acceptors (Lipinski definition) is 4. The molecule has 0 amide bonds. The molecule has 1 aromatic rings. The average Bonchev–Trinajstić information content (AvgIpc) is 2.55. The van der Waals surface area contributed by atoms with E-state index >= 15 is 0 Å². The Balaban J connectivity index is 1.96. The molecule has 1 fully saturated rings. The number of halogens is 3. The molecule has 1 saturated heterocycles. The van der Waals surface area contributed by atoms with Crippen LogP contribution in [0.15, 0.2) is 12.3 Å². The first-order valence-corrected chi connectivity index (χ1v) is 6.60. The quantitative estimate of drug-likeness (QED) is 0.730. The van der Waals surface area contributed by atoms with Crippen LogP contribution in [0.2, 0.25) is 0 Å². The van der Waals surface area contributed by atoms with Crippen LogP contribution in [0.1, 0.15) is 12.0 Å². The fourth-order valence-corrected chi connectivity index (χ4v) is 2.76. The van der Waals surface area contributed by atoms with Crippen molar-refractivity contribution >= 4 is 5.82 Å². The van der Waals surface area contributed by atoms with Crippen molar-refractivity contribution in [3.63, 3.8) is 0 Å². The molecule has 0 aromatic carbocycles. The molecule has 0 N–H and O–H groups in total. The first-order valence-electron chi connectivity index (χ1n) is 6.60. The number of nitrogens with zero attached hydrogens (tertiary/aromatic N) is 3. The van der Waals surface area contributed by atoms with Gasteiger partial charge in [-0.1, -0.05) is 0 Å². The second kappa shape index (κ2) is 4.80. The largest absolute Gasteiger partial charge is 0.490 e. The SMILES string of the molecule is CN1CCN2c3ncc(C(F)(F)F)cc3OCCC2C1. The van der Waals surface area contributed by atoms with E-state index < -0.39 is 11.7 Å². The Morgan fingerprint density at radius 3 is 2.90 bits per heavy atom. The van der Waals surface area contributed by atoms with Crippen molar-refractivity contribution in [1.82, 2.24) is 9.88 Å². The molecular formula is C13H16F3N3O. The van der Waals surface area contributed by atoms with Gasteiger partial charge in [-0.2, -0.15) is 13.2 Å². The van der Waals surface area contributed by atoms with Gasteiger partial charge in [-0.15, -0.1) is 0 Å². The smallest absolute Gasteiger partial charge is 0.418 e. The number of pyridine rings is 1. The van der Waals surface area contributed by atoms with Crippen molar-refractivity contribution in [3.8, 4) is 5.75 Å². The number of likely N-dealkylation sites (N-methyl/N-ethyl adjacent to an activating group) is 1. The molecular weight excluding hydrogens is 271 g/mol. The van der Waals surface area contributed by atoms with E-state index in [-0.39, 0.29) is 11.8 Å². The topological polar surface area (TPSA) is 28.6 Å². The molecule has 2 aliphatic rings. The van der Waals surface area contributed by atoms with Gasteiger partial charge in [-0.05, 0) is 13.1 Å². The van der Waals surface area contributed by atoms with Crippen LogP contribution in [0.5, 0.6) is 5.75 Å². The molecule has 2 aliphatic heterocycles. The lowest BCUT2D eigenvalue weighted by Gasteiger charge is -2.39. The van der Waals surface area contributed by atoms with Crippen molar-refractivity contribution in [2.75, 3.05) is 38.2 Å². The molecule has 4 nitrogen and oxygen atoms in total. The minimum Gasteiger partial charge on any atom is -0.490 e. The van der Waals surface area contributed by atoms with E-state index in [1.165, 1.54) is 0 Å². The summed E-state index contributed by atoms with van der Waals surface area (Å²) in [5.74, 6) is 0.778. The van der Waals surface area contributed by atoms with Gasteiger partial charge >= 0.3 is 6.18 Å². The zero-order valence-electron chi connectivity index (χ0n) is 11.2. The monoisotopic (exact) mass is 287 g/mol. The van der Waals surface area contributed by atoms with E-state index in [1.54, 1.807) is 0 Å². The number of hydrogen-bond donors (Lipinski definition) is 0. The lowest BCUT2D eigenvalue weighted by atomic mass is 10.1. The fourth-order valence-electron chi connectivity index (χ4n) is 2.76. The van der Waals surface area contributed by atoms with E-state index in [0.717, 1.165) is 38.3 Å². The summed E-state index contributed by atoms with van der Waals surface area (Å²) in [6, 6.07) is 1.31. The second-order valence-corrected chi connectivity index (χ2v) is 5.29. The first-order chi connectivity index (χ1) is 9.45. The standard InChI is InChI=1S/C13H16F3N3O/c1-18-3-4-19-10(8-18)2-5-20-11-6-9(13(14,15)16)7-17-12(11)19/h6-7,10H,2-5,8H2,1H3. The summed E-state index contributed by atoms with van der Waals surface area (Å²) in [6.07, 6.45) is -2.70. The van der Waals surface area contributed by atoms with Gasteiger partial charge in [0.1, 0.15) is 0 Å². The highest BCUT2D eigenvalue weighted by atomic mass is 19.4. The summed E-state index contributed by atoms with van der Waals surface area (Å²) in [7, 11) is 2.05. The van der Waals surface area contributed by atoms with Crippen LogP contribution in [0.4, 0.5) is 19.0 Å². The molecule has 0 bridgehead atoms. The highest BCUT2D eigenvalue weighted by Crippen LogP contribution is 2.37. The molecule has 1 unspecified atom stereocenters. The Labute approximate surface area is 115 Å². The van der Waals surface area contributed by atoms with Gasteiger partial charge in [-0.25, -0.2) is 4.98 Å². The van der Waals surface area contributed by atoms with Crippen molar-refractivity contribution in [1.29, 1.82) is 0 Å². The Morgan fingerprint density at radius 1 is 1.35 bits per heavy atom. The second-order valence-electron chi connectivity index (χ2n) is 5.29. The van der Waals surface area contributed by atoms with Gasteiger partial charge in [0.25, 0.3) is 0 Å². The number of anilines is 1. The molecule has 0 radical (unpaired) electrons. The molecule has 1 aromatic heterocycles. The zero-order valence-corrected chi connectivity index (χ0v) is 11.2. The summed E-state index contributed by atoms with van der Waals surface area (Å²) >= 11 is 0. The van der Waals surface area contributed by atoms with Crippen LogP contribution < -0.4 is 9.64 Å². The Bertz CT molecular complexity index is 506. The molecule has 0 aliphatic carbocycles. The van der Waals surface area contributed by atoms with Gasteiger partial charge in [0.05, 0.1) is 12.2 Å². The van der Waals surface area contributed by atoms with Crippen molar-refractivity contribution in [2.24, 2.45) is 0 Å². The van der Waals surface area contributed by atoms with Gasteiger partial charge in [0, 0.05) is 38.3 Å². The lowest BCUT2D eigenvalue weighted by Crippen LogP contribution is -2.52.